The van der Waals surface area contributed by atoms with Gasteiger partial charge in [0, 0.05) is 12.8 Å². The Bertz CT molecular complexity index is 393. The lowest BCUT2D eigenvalue weighted by Crippen LogP contribution is -2.50. The molecule has 1 aliphatic heterocycles. The fourth-order valence-electron chi connectivity index (χ4n) is 1.83. The van der Waals surface area contributed by atoms with Gasteiger partial charge in [-0.1, -0.05) is 0 Å². The summed E-state index contributed by atoms with van der Waals surface area (Å²) in [7, 11) is -2.36. The number of thioether (sulfide) groups is 1. The maximum atomic E-state index is 11.8. The normalized spacial score (nSPS) is 31.8. The molecule has 16 heavy (non-hydrogen) atoms. The highest BCUT2D eigenvalue weighted by atomic mass is 32.2. The third-order valence-corrected chi connectivity index (χ3v) is 5.98. The van der Waals surface area contributed by atoms with E-state index in [1.165, 1.54) is 18.8 Å². The number of aliphatic carboxylic acids is 1. The van der Waals surface area contributed by atoms with E-state index in [1.807, 2.05) is 0 Å². The third kappa shape index (κ3) is 2.06. The van der Waals surface area contributed by atoms with Gasteiger partial charge < -0.3 is 5.11 Å². The van der Waals surface area contributed by atoms with Crippen LogP contribution in [0.15, 0.2) is 0 Å². The summed E-state index contributed by atoms with van der Waals surface area (Å²) in [6, 6.07) is -0.937. The van der Waals surface area contributed by atoms with E-state index in [0.29, 0.717) is 11.7 Å². The van der Waals surface area contributed by atoms with Crippen LogP contribution in [-0.4, -0.2) is 48.0 Å². The van der Waals surface area contributed by atoms with Gasteiger partial charge in [0.1, 0.15) is 6.04 Å². The minimum Gasteiger partial charge on any atom is -0.480 e. The van der Waals surface area contributed by atoms with Gasteiger partial charge in [-0.2, -0.15) is 12.7 Å². The number of hydrogen-bond acceptors (Lipinski definition) is 4. The standard InChI is InChI=1S/C8H14N2O4S2/c1-9-16(13,14)10-6(8(11)12)4-15-7(10)5-2-3-5/h5-7,9H,2-4H2,1H3,(H,11,12). The van der Waals surface area contributed by atoms with Crippen LogP contribution in [0.5, 0.6) is 0 Å². The first kappa shape index (κ1) is 12.2. The number of rotatable bonds is 4. The Morgan fingerprint density at radius 1 is 1.50 bits per heavy atom. The number of carbonyl (C=O) groups is 1. The molecule has 0 aromatic heterocycles. The van der Waals surface area contributed by atoms with Crippen molar-refractivity contribution in [1.82, 2.24) is 9.03 Å². The lowest BCUT2D eigenvalue weighted by atomic mass is 10.3. The number of nitrogens with zero attached hydrogens (tertiary/aromatic N) is 1. The van der Waals surface area contributed by atoms with Gasteiger partial charge in [0.2, 0.25) is 0 Å². The maximum absolute atomic E-state index is 11.8. The van der Waals surface area contributed by atoms with Gasteiger partial charge in [0.05, 0.1) is 5.37 Å². The second-order valence-electron chi connectivity index (χ2n) is 3.95. The van der Waals surface area contributed by atoms with Crippen LogP contribution in [0.25, 0.3) is 0 Å². The molecule has 2 rings (SSSR count). The summed E-state index contributed by atoms with van der Waals surface area (Å²) in [5.74, 6) is -0.427. The molecule has 1 saturated carbocycles. The van der Waals surface area contributed by atoms with Crippen LogP contribution < -0.4 is 4.72 Å². The molecule has 0 amide bonds. The molecule has 6 nitrogen and oxygen atoms in total. The van der Waals surface area contributed by atoms with Crippen molar-refractivity contribution in [1.29, 1.82) is 0 Å². The quantitative estimate of drug-likeness (QED) is 0.729. The molecule has 2 aliphatic rings. The fraction of sp³-hybridized carbons (Fsp3) is 0.875. The lowest BCUT2D eigenvalue weighted by Gasteiger charge is -2.25. The van der Waals surface area contributed by atoms with Crippen LogP contribution in [0, 0.1) is 5.92 Å². The van der Waals surface area contributed by atoms with Gasteiger partial charge >= 0.3 is 5.97 Å². The summed E-state index contributed by atoms with van der Waals surface area (Å²) < 4.78 is 26.9. The second-order valence-corrected chi connectivity index (χ2v) is 6.88. The Labute approximate surface area is 98.6 Å². The highest BCUT2D eigenvalue weighted by molar-refractivity contribution is 8.01. The van der Waals surface area contributed by atoms with Crippen molar-refractivity contribution in [3.05, 3.63) is 0 Å². The molecule has 1 saturated heterocycles. The first-order chi connectivity index (χ1) is 7.47. The monoisotopic (exact) mass is 266 g/mol. The van der Waals surface area contributed by atoms with E-state index in [2.05, 4.69) is 4.72 Å². The van der Waals surface area contributed by atoms with Crippen LogP contribution in [0.4, 0.5) is 0 Å². The molecule has 2 atom stereocenters. The van der Waals surface area contributed by atoms with Crippen LogP contribution >= 0.6 is 11.8 Å². The smallest absolute Gasteiger partial charge is 0.322 e. The average molecular weight is 266 g/mol. The van der Waals surface area contributed by atoms with Crippen LogP contribution in [0.2, 0.25) is 0 Å². The highest BCUT2D eigenvalue weighted by Crippen LogP contribution is 2.46. The molecule has 2 fully saturated rings. The molecule has 0 bridgehead atoms. The zero-order chi connectivity index (χ0) is 11.9. The molecule has 2 unspecified atom stereocenters. The summed E-state index contributed by atoms with van der Waals surface area (Å²) in [6.07, 6.45) is 1.97. The number of nitrogens with one attached hydrogen (secondary N) is 1. The SMILES string of the molecule is CNS(=O)(=O)N1C(C(=O)O)CSC1C1CC1. The molecule has 1 heterocycles. The molecule has 1 aliphatic carbocycles. The van der Waals surface area contributed by atoms with Crippen molar-refractivity contribution in [3.8, 4) is 0 Å². The topological polar surface area (TPSA) is 86.7 Å². The van der Waals surface area contributed by atoms with Gasteiger partial charge in [-0.15, -0.1) is 11.8 Å². The van der Waals surface area contributed by atoms with Crippen LogP contribution in [-0.2, 0) is 15.0 Å². The summed E-state index contributed by atoms with van der Waals surface area (Å²) in [5, 5.41) is 8.81. The summed E-state index contributed by atoms with van der Waals surface area (Å²) in [4.78, 5) is 11.0. The lowest BCUT2D eigenvalue weighted by molar-refractivity contribution is -0.140. The Morgan fingerprint density at radius 3 is 2.56 bits per heavy atom. The fourth-order valence-corrected chi connectivity index (χ4v) is 5.12. The predicted octanol–water partition coefficient (Wildman–Crippen LogP) is -0.311. The molecule has 0 spiro atoms. The Morgan fingerprint density at radius 2 is 2.12 bits per heavy atom. The zero-order valence-corrected chi connectivity index (χ0v) is 10.4. The van der Waals surface area contributed by atoms with E-state index >= 15 is 0 Å². The van der Waals surface area contributed by atoms with Crippen LogP contribution in [0.3, 0.4) is 0 Å². The predicted molar refractivity (Wildman–Crippen MR) is 60.2 cm³/mol. The molecule has 92 valence electrons. The number of carboxylic acid groups (broad SMARTS) is 1. The van der Waals surface area contributed by atoms with E-state index < -0.39 is 22.2 Å². The van der Waals surface area contributed by atoms with Crippen molar-refractivity contribution in [2.45, 2.75) is 24.3 Å². The zero-order valence-electron chi connectivity index (χ0n) is 8.79. The summed E-state index contributed by atoms with van der Waals surface area (Å²) >= 11 is 1.43. The minimum atomic E-state index is -3.66. The largest absolute Gasteiger partial charge is 0.480 e. The van der Waals surface area contributed by atoms with E-state index in [4.69, 9.17) is 5.11 Å². The van der Waals surface area contributed by atoms with Crippen molar-refractivity contribution in [2.24, 2.45) is 5.92 Å². The molecular formula is C8H14N2O4S2. The molecule has 2 N–H and O–H groups in total. The highest BCUT2D eigenvalue weighted by Gasteiger charge is 2.50. The van der Waals surface area contributed by atoms with Gasteiger partial charge in [-0.05, 0) is 18.8 Å². The average Bonchev–Trinajstić information content (AvgIpc) is 2.96. The van der Waals surface area contributed by atoms with Gasteiger partial charge in [0.15, 0.2) is 0 Å². The minimum absolute atomic E-state index is 0.210. The first-order valence-electron chi connectivity index (χ1n) is 5.04. The van der Waals surface area contributed by atoms with E-state index in [1.54, 1.807) is 0 Å². The Balaban J connectivity index is 2.28. The van der Waals surface area contributed by atoms with E-state index in [0.717, 1.165) is 17.1 Å². The summed E-state index contributed by atoms with van der Waals surface area (Å²) in [6.45, 7) is 0. The second kappa shape index (κ2) is 4.17. The third-order valence-electron chi connectivity index (χ3n) is 2.83. The van der Waals surface area contributed by atoms with Crippen molar-refractivity contribution in [3.63, 3.8) is 0 Å². The Kier molecular flexibility index (Phi) is 3.17. The molecule has 0 aromatic carbocycles. The number of hydrogen-bond donors (Lipinski definition) is 2. The van der Waals surface area contributed by atoms with Gasteiger partial charge in [0.25, 0.3) is 10.2 Å². The van der Waals surface area contributed by atoms with Crippen LogP contribution in [0.1, 0.15) is 12.8 Å². The van der Waals surface area contributed by atoms with E-state index in [-0.39, 0.29) is 5.37 Å². The molecular weight excluding hydrogens is 252 g/mol. The van der Waals surface area contributed by atoms with Crippen molar-refractivity contribution >= 4 is 27.9 Å². The summed E-state index contributed by atoms with van der Waals surface area (Å²) in [5.41, 5.74) is 0. The van der Waals surface area contributed by atoms with Crippen molar-refractivity contribution < 1.29 is 18.3 Å². The molecule has 0 aromatic rings. The van der Waals surface area contributed by atoms with E-state index in [9.17, 15) is 13.2 Å². The van der Waals surface area contributed by atoms with Gasteiger partial charge in [-0.3, -0.25) is 4.79 Å². The van der Waals surface area contributed by atoms with Crippen molar-refractivity contribution in [2.75, 3.05) is 12.8 Å². The number of carboxylic acids is 1. The molecule has 8 heteroatoms. The molecule has 0 radical (unpaired) electrons. The maximum Gasteiger partial charge on any atom is 0.322 e. The first-order valence-corrected chi connectivity index (χ1v) is 7.52. The van der Waals surface area contributed by atoms with Gasteiger partial charge in [-0.25, -0.2) is 4.72 Å². The Hall–Kier alpha value is -0.310.